The van der Waals surface area contributed by atoms with Crippen molar-refractivity contribution in [2.75, 3.05) is 20.8 Å². The van der Waals surface area contributed by atoms with E-state index in [1.54, 1.807) is 14.2 Å². The minimum atomic E-state index is 0.212. The summed E-state index contributed by atoms with van der Waals surface area (Å²) >= 11 is 0. The fourth-order valence-corrected chi connectivity index (χ4v) is 3.23. The summed E-state index contributed by atoms with van der Waals surface area (Å²) < 4.78 is 10.9. The molecule has 0 bridgehead atoms. The highest BCUT2D eigenvalue weighted by molar-refractivity contribution is 5.52. The highest BCUT2D eigenvalue weighted by Gasteiger charge is 2.25. The highest BCUT2D eigenvalue weighted by Crippen LogP contribution is 2.38. The number of aryl methyl sites for hydroxylation is 2. The van der Waals surface area contributed by atoms with Crippen molar-refractivity contribution in [2.45, 2.75) is 26.3 Å². The average Bonchev–Trinajstić information content (AvgIpc) is 2.55. The molecule has 0 saturated heterocycles. The summed E-state index contributed by atoms with van der Waals surface area (Å²) in [4.78, 5) is 0. The van der Waals surface area contributed by atoms with Crippen molar-refractivity contribution in [3.8, 4) is 11.5 Å². The van der Waals surface area contributed by atoms with Crippen LogP contribution in [0.3, 0.4) is 0 Å². The van der Waals surface area contributed by atoms with Gasteiger partial charge in [0.1, 0.15) is 0 Å². The number of rotatable bonds is 3. The predicted molar refractivity (Wildman–Crippen MR) is 89.0 cm³/mol. The van der Waals surface area contributed by atoms with Gasteiger partial charge >= 0.3 is 0 Å². The minimum Gasteiger partial charge on any atom is -0.493 e. The summed E-state index contributed by atoms with van der Waals surface area (Å²) in [7, 11) is 3.38. The van der Waals surface area contributed by atoms with Crippen molar-refractivity contribution in [2.24, 2.45) is 0 Å². The van der Waals surface area contributed by atoms with Crippen LogP contribution in [0.25, 0.3) is 0 Å². The Bertz CT molecular complexity index is 694. The summed E-state index contributed by atoms with van der Waals surface area (Å²) in [5.41, 5.74) is 6.56. The summed E-state index contributed by atoms with van der Waals surface area (Å²) in [6, 6.07) is 11.1. The fraction of sp³-hybridized carbons (Fsp3) is 0.368. The van der Waals surface area contributed by atoms with Gasteiger partial charge in [0.15, 0.2) is 11.5 Å². The number of ether oxygens (including phenoxy) is 2. The molecule has 116 valence electrons. The van der Waals surface area contributed by atoms with Crippen LogP contribution in [0.5, 0.6) is 11.5 Å². The zero-order valence-corrected chi connectivity index (χ0v) is 13.7. The third kappa shape index (κ3) is 2.57. The van der Waals surface area contributed by atoms with Gasteiger partial charge in [-0.15, -0.1) is 0 Å². The van der Waals surface area contributed by atoms with Crippen LogP contribution < -0.4 is 14.8 Å². The zero-order chi connectivity index (χ0) is 15.7. The number of hydrogen-bond donors (Lipinski definition) is 1. The van der Waals surface area contributed by atoms with Crippen LogP contribution in [0.2, 0.25) is 0 Å². The molecule has 1 heterocycles. The second-order valence-electron chi connectivity index (χ2n) is 5.90. The quantitative estimate of drug-likeness (QED) is 0.939. The molecule has 2 aromatic rings. The Morgan fingerprint density at radius 2 is 1.68 bits per heavy atom. The van der Waals surface area contributed by atoms with E-state index in [1.807, 2.05) is 0 Å². The number of nitrogens with one attached hydrogen (secondary N) is 1. The van der Waals surface area contributed by atoms with E-state index < -0.39 is 0 Å². The number of methoxy groups -OCH3 is 2. The van der Waals surface area contributed by atoms with Gasteiger partial charge in [0.2, 0.25) is 0 Å². The molecule has 1 aliphatic rings. The Morgan fingerprint density at radius 1 is 0.955 bits per heavy atom. The molecule has 2 aromatic carbocycles. The molecule has 0 radical (unpaired) electrons. The largest absolute Gasteiger partial charge is 0.493 e. The highest BCUT2D eigenvalue weighted by atomic mass is 16.5. The second-order valence-corrected chi connectivity index (χ2v) is 5.90. The van der Waals surface area contributed by atoms with E-state index in [0.29, 0.717) is 0 Å². The second kappa shape index (κ2) is 6.01. The molecule has 0 aromatic heterocycles. The van der Waals surface area contributed by atoms with E-state index in [0.717, 1.165) is 24.5 Å². The number of hydrogen-bond acceptors (Lipinski definition) is 3. The van der Waals surface area contributed by atoms with Crippen LogP contribution >= 0.6 is 0 Å². The van der Waals surface area contributed by atoms with Crippen molar-refractivity contribution in [3.05, 3.63) is 58.1 Å². The topological polar surface area (TPSA) is 30.5 Å². The maximum atomic E-state index is 5.49. The summed E-state index contributed by atoms with van der Waals surface area (Å²) in [5, 5.41) is 3.65. The van der Waals surface area contributed by atoms with E-state index in [2.05, 4.69) is 49.5 Å². The smallest absolute Gasteiger partial charge is 0.161 e. The van der Waals surface area contributed by atoms with E-state index in [4.69, 9.17) is 9.47 Å². The van der Waals surface area contributed by atoms with Gasteiger partial charge in [0.05, 0.1) is 20.3 Å². The molecule has 0 spiro atoms. The molecule has 1 atom stereocenters. The SMILES string of the molecule is COc1cc2c(cc1OC)C(c1cc(C)ccc1C)NCC2. The Hall–Kier alpha value is -2.00. The van der Waals surface area contributed by atoms with Crippen LogP contribution in [-0.4, -0.2) is 20.8 Å². The average molecular weight is 297 g/mol. The van der Waals surface area contributed by atoms with Gasteiger partial charge in [0, 0.05) is 6.54 Å². The summed E-state index contributed by atoms with van der Waals surface area (Å²) in [6.45, 7) is 5.29. The van der Waals surface area contributed by atoms with Crippen molar-refractivity contribution in [1.82, 2.24) is 5.32 Å². The van der Waals surface area contributed by atoms with E-state index in [9.17, 15) is 0 Å². The number of benzene rings is 2. The predicted octanol–water partition coefficient (Wildman–Crippen LogP) is 3.56. The van der Waals surface area contributed by atoms with Gasteiger partial charge < -0.3 is 14.8 Å². The number of fused-ring (bicyclic) bond motifs is 1. The molecule has 0 fully saturated rings. The summed E-state index contributed by atoms with van der Waals surface area (Å²) in [6.07, 6.45) is 1.01. The molecule has 0 saturated carbocycles. The Labute approximate surface area is 132 Å². The lowest BCUT2D eigenvalue weighted by Crippen LogP contribution is -2.31. The maximum Gasteiger partial charge on any atom is 0.161 e. The van der Waals surface area contributed by atoms with Gasteiger partial charge in [0.25, 0.3) is 0 Å². The summed E-state index contributed by atoms with van der Waals surface area (Å²) in [5.74, 6) is 1.60. The molecule has 1 aliphatic heterocycles. The third-order valence-electron chi connectivity index (χ3n) is 4.44. The molecule has 22 heavy (non-hydrogen) atoms. The van der Waals surface area contributed by atoms with Gasteiger partial charge in [-0.2, -0.15) is 0 Å². The molecule has 1 N–H and O–H groups in total. The van der Waals surface area contributed by atoms with Crippen molar-refractivity contribution in [1.29, 1.82) is 0 Å². The van der Waals surface area contributed by atoms with Crippen LogP contribution in [0.1, 0.15) is 33.9 Å². The molecule has 0 amide bonds. The molecule has 0 aliphatic carbocycles. The Balaban J connectivity index is 2.13. The molecular formula is C19H23NO2. The van der Waals surface area contributed by atoms with Crippen molar-refractivity contribution >= 4 is 0 Å². The first-order chi connectivity index (χ1) is 10.6. The molecule has 3 nitrogen and oxygen atoms in total. The monoisotopic (exact) mass is 297 g/mol. The van der Waals surface area contributed by atoms with Crippen LogP contribution in [0.4, 0.5) is 0 Å². The minimum absolute atomic E-state index is 0.212. The van der Waals surface area contributed by atoms with Gasteiger partial charge in [-0.25, -0.2) is 0 Å². The Kier molecular flexibility index (Phi) is 4.08. The molecular weight excluding hydrogens is 274 g/mol. The first-order valence-corrected chi connectivity index (χ1v) is 7.69. The lowest BCUT2D eigenvalue weighted by molar-refractivity contribution is 0.353. The van der Waals surface area contributed by atoms with E-state index >= 15 is 0 Å². The van der Waals surface area contributed by atoms with Crippen LogP contribution in [0.15, 0.2) is 30.3 Å². The third-order valence-corrected chi connectivity index (χ3v) is 4.44. The van der Waals surface area contributed by atoms with Crippen LogP contribution in [0, 0.1) is 13.8 Å². The van der Waals surface area contributed by atoms with Gasteiger partial charge in [-0.1, -0.05) is 23.8 Å². The van der Waals surface area contributed by atoms with Crippen molar-refractivity contribution < 1.29 is 9.47 Å². The first-order valence-electron chi connectivity index (χ1n) is 7.69. The van der Waals surface area contributed by atoms with Crippen molar-refractivity contribution in [3.63, 3.8) is 0 Å². The Morgan fingerprint density at radius 3 is 2.41 bits per heavy atom. The molecule has 1 unspecified atom stereocenters. The van der Waals surface area contributed by atoms with E-state index in [1.165, 1.54) is 27.8 Å². The fourth-order valence-electron chi connectivity index (χ4n) is 3.23. The van der Waals surface area contributed by atoms with Gasteiger partial charge in [-0.05, 0) is 54.7 Å². The molecule has 3 rings (SSSR count). The molecule has 3 heteroatoms. The maximum absolute atomic E-state index is 5.49. The van der Waals surface area contributed by atoms with Gasteiger partial charge in [-0.3, -0.25) is 0 Å². The normalized spacial score (nSPS) is 17.0. The zero-order valence-electron chi connectivity index (χ0n) is 13.7. The first kappa shape index (κ1) is 14.9. The standard InChI is InChI=1S/C19H23NO2/c1-12-5-6-13(2)15(9-12)19-16-11-18(22-4)17(21-3)10-14(16)7-8-20-19/h5-6,9-11,19-20H,7-8H2,1-4H3. The van der Waals surface area contributed by atoms with E-state index in [-0.39, 0.29) is 6.04 Å². The lowest BCUT2D eigenvalue weighted by atomic mass is 9.87. The van der Waals surface area contributed by atoms with Crippen LogP contribution in [-0.2, 0) is 6.42 Å². The lowest BCUT2D eigenvalue weighted by Gasteiger charge is -2.29.